The fourth-order valence-electron chi connectivity index (χ4n) is 2.79. The number of benzene rings is 1. The second-order valence-electron chi connectivity index (χ2n) is 6.44. The summed E-state index contributed by atoms with van der Waals surface area (Å²) in [5.41, 5.74) is 4.47. The Kier molecular flexibility index (Phi) is 5.07. The molecule has 2 heterocycles. The van der Waals surface area contributed by atoms with Gasteiger partial charge in [0.05, 0.1) is 23.6 Å². The van der Waals surface area contributed by atoms with Crippen LogP contribution < -0.4 is 5.32 Å². The van der Waals surface area contributed by atoms with Gasteiger partial charge in [-0.15, -0.1) is 0 Å². The molecule has 0 unspecified atom stereocenters. The lowest BCUT2D eigenvalue weighted by Crippen LogP contribution is -2.20. The van der Waals surface area contributed by atoms with Crippen molar-refractivity contribution >= 4 is 17.6 Å². The molecule has 8 heteroatoms. The summed E-state index contributed by atoms with van der Waals surface area (Å²) in [7, 11) is 0. The van der Waals surface area contributed by atoms with Crippen LogP contribution in [-0.4, -0.2) is 36.5 Å². The molecule has 0 spiro atoms. The number of carboxylic acids is 1. The molecule has 1 aromatic carbocycles. The van der Waals surface area contributed by atoms with Crippen molar-refractivity contribution in [3.63, 3.8) is 0 Å². The third-order valence-electron chi connectivity index (χ3n) is 4.26. The van der Waals surface area contributed by atoms with E-state index in [1.807, 2.05) is 25.5 Å². The summed E-state index contributed by atoms with van der Waals surface area (Å²) in [6, 6.07) is 9.58. The lowest BCUT2D eigenvalue weighted by atomic mass is 10.1. The van der Waals surface area contributed by atoms with Gasteiger partial charge < -0.3 is 10.4 Å². The van der Waals surface area contributed by atoms with Gasteiger partial charge in [0.2, 0.25) is 5.91 Å². The van der Waals surface area contributed by atoms with Gasteiger partial charge in [-0.1, -0.05) is 29.8 Å². The highest BCUT2D eigenvalue weighted by atomic mass is 16.4. The minimum Gasteiger partial charge on any atom is -0.476 e. The Hall–Kier alpha value is -3.42. The zero-order chi connectivity index (χ0) is 19.6. The first-order chi connectivity index (χ1) is 12.8. The van der Waals surface area contributed by atoms with Crippen LogP contribution in [0.3, 0.4) is 0 Å². The molecule has 0 atom stereocenters. The fourth-order valence-corrected chi connectivity index (χ4v) is 2.79. The minimum atomic E-state index is -1.13. The topological polar surface area (TPSA) is 102 Å². The predicted molar refractivity (Wildman–Crippen MR) is 99.8 cm³/mol. The summed E-state index contributed by atoms with van der Waals surface area (Å²) in [6.07, 6.45) is 1.46. The molecule has 0 saturated heterocycles. The van der Waals surface area contributed by atoms with Crippen molar-refractivity contribution in [1.82, 2.24) is 19.6 Å². The number of carboxylic acid groups (broad SMARTS) is 1. The summed E-state index contributed by atoms with van der Waals surface area (Å²) < 4.78 is 3.15. The van der Waals surface area contributed by atoms with E-state index in [9.17, 15) is 9.59 Å². The molecule has 0 fully saturated rings. The Balaban J connectivity index is 1.70. The van der Waals surface area contributed by atoms with E-state index in [2.05, 4.69) is 39.8 Å². The molecule has 0 aliphatic carbocycles. The van der Waals surface area contributed by atoms with Gasteiger partial charge in [-0.2, -0.15) is 10.2 Å². The van der Waals surface area contributed by atoms with E-state index < -0.39 is 5.97 Å². The molecule has 2 N–H and O–H groups in total. The predicted octanol–water partition coefficient (Wildman–Crippen LogP) is 2.39. The van der Waals surface area contributed by atoms with E-state index in [1.165, 1.54) is 22.5 Å². The van der Waals surface area contributed by atoms with Gasteiger partial charge in [0.1, 0.15) is 6.54 Å². The highest BCUT2D eigenvalue weighted by molar-refractivity contribution is 5.91. The van der Waals surface area contributed by atoms with Gasteiger partial charge in [-0.25, -0.2) is 4.79 Å². The average Bonchev–Trinajstić information content (AvgIpc) is 3.18. The maximum atomic E-state index is 12.3. The van der Waals surface area contributed by atoms with Crippen molar-refractivity contribution < 1.29 is 14.7 Å². The largest absolute Gasteiger partial charge is 0.476 e. The Morgan fingerprint density at radius 2 is 1.78 bits per heavy atom. The Morgan fingerprint density at radius 1 is 1.07 bits per heavy atom. The van der Waals surface area contributed by atoms with Crippen LogP contribution in [0.2, 0.25) is 0 Å². The number of carbonyl (C=O) groups excluding carboxylic acids is 1. The van der Waals surface area contributed by atoms with Gasteiger partial charge in [0.25, 0.3) is 0 Å². The Bertz CT molecular complexity index is 985. The molecule has 1 amide bonds. The first-order valence-corrected chi connectivity index (χ1v) is 8.49. The number of amides is 1. The quantitative estimate of drug-likeness (QED) is 0.696. The molecular formula is C19H21N5O3. The lowest BCUT2D eigenvalue weighted by molar-refractivity contribution is -0.116. The number of aromatic carboxylic acids is 1. The summed E-state index contributed by atoms with van der Waals surface area (Å²) in [4.78, 5) is 23.2. The number of nitrogens with zero attached hydrogens (tertiary/aromatic N) is 4. The zero-order valence-electron chi connectivity index (χ0n) is 15.4. The summed E-state index contributed by atoms with van der Waals surface area (Å²) in [5, 5.41) is 20.1. The SMILES string of the molecule is Cc1ccc(Cn2nc(C)c(NC(=O)Cn3ccc(C(=O)O)n3)c2C)cc1. The summed E-state index contributed by atoms with van der Waals surface area (Å²) in [5.74, 6) is -1.42. The van der Waals surface area contributed by atoms with E-state index in [4.69, 9.17) is 5.11 Å². The normalized spacial score (nSPS) is 10.8. The molecule has 3 aromatic rings. The highest BCUT2D eigenvalue weighted by Gasteiger charge is 2.15. The Morgan fingerprint density at radius 3 is 2.41 bits per heavy atom. The lowest BCUT2D eigenvalue weighted by Gasteiger charge is -2.08. The van der Waals surface area contributed by atoms with E-state index in [1.54, 1.807) is 0 Å². The van der Waals surface area contributed by atoms with Crippen LogP contribution in [0.25, 0.3) is 0 Å². The standard InChI is InChI=1S/C19H21N5O3/c1-12-4-6-15(7-5-12)10-24-14(3)18(13(2)21-24)20-17(25)11-23-9-8-16(22-23)19(26)27/h4-9H,10-11H2,1-3H3,(H,20,25)(H,26,27). The Labute approximate surface area is 156 Å². The maximum Gasteiger partial charge on any atom is 0.356 e. The number of hydrogen-bond acceptors (Lipinski definition) is 4. The number of aromatic nitrogens is 4. The number of carbonyl (C=O) groups is 2. The van der Waals surface area contributed by atoms with Crippen LogP contribution in [0.1, 0.15) is 33.0 Å². The van der Waals surface area contributed by atoms with Gasteiger partial charge in [-0.3, -0.25) is 14.2 Å². The van der Waals surface area contributed by atoms with Gasteiger partial charge in [-0.05, 0) is 32.4 Å². The zero-order valence-corrected chi connectivity index (χ0v) is 15.4. The van der Waals surface area contributed by atoms with Crippen LogP contribution in [0, 0.1) is 20.8 Å². The van der Waals surface area contributed by atoms with Crippen LogP contribution >= 0.6 is 0 Å². The molecule has 0 radical (unpaired) electrons. The molecular weight excluding hydrogens is 346 g/mol. The number of aryl methyl sites for hydroxylation is 2. The smallest absolute Gasteiger partial charge is 0.356 e. The van der Waals surface area contributed by atoms with Gasteiger partial charge >= 0.3 is 5.97 Å². The molecule has 140 valence electrons. The molecule has 27 heavy (non-hydrogen) atoms. The van der Waals surface area contributed by atoms with Crippen LogP contribution in [-0.2, 0) is 17.9 Å². The van der Waals surface area contributed by atoms with Gasteiger partial charge in [0.15, 0.2) is 5.69 Å². The molecule has 3 rings (SSSR count). The van der Waals surface area contributed by atoms with Gasteiger partial charge in [0, 0.05) is 6.20 Å². The van der Waals surface area contributed by atoms with E-state index >= 15 is 0 Å². The third kappa shape index (κ3) is 4.22. The minimum absolute atomic E-state index is 0.0741. The average molecular weight is 367 g/mol. The van der Waals surface area contributed by atoms with Crippen LogP contribution in [0.5, 0.6) is 0 Å². The highest BCUT2D eigenvalue weighted by Crippen LogP contribution is 2.20. The third-order valence-corrected chi connectivity index (χ3v) is 4.26. The molecule has 0 aliphatic heterocycles. The summed E-state index contributed by atoms with van der Waals surface area (Å²) in [6.45, 7) is 6.32. The van der Waals surface area contributed by atoms with Crippen molar-refractivity contribution in [2.24, 2.45) is 0 Å². The van der Waals surface area contributed by atoms with Crippen molar-refractivity contribution in [2.75, 3.05) is 5.32 Å². The first kappa shape index (κ1) is 18.4. The van der Waals surface area contributed by atoms with Crippen molar-refractivity contribution in [1.29, 1.82) is 0 Å². The van der Waals surface area contributed by atoms with Crippen molar-refractivity contribution in [2.45, 2.75) is 33.9 Å². The number of hydrogen-bond donors (Lipinski definition) is 2. The maximum absolute atomic E-state index is 12.3. The first-order valence-electron chi connectivity index (χ1n) is 8.49. The molecule has 0 bridgehead atoms. The number of nitrogens with one attached hydrogen (secondary N) is 1. The number of anilines is 1. The number of rotatable bonds is 6. The molecule has 0 saturated carbocycles. The fraction of sp³-hybridized carbons (Fsp3) is 0.263. The van der Waals surface area contributed by atoms with E-state index in [0.29, 0.717) is 12.2 Å². The van der Waals surface area contributed by atoms with Crippen LogP contribution in [0.15, 0.2) is 36.5 Å². The second-order valence-corrected chi connectivity index (χ2v) is 6.44. The molecule has 8 nitrogen and oxygen atoms in total. The van der Waals surface area contributed by atoms with Crippen molar-refractivity contribution in [3.8, 4) is 0 Å². The van der Waals surface area contributed by atoms with Crippen molar-refractivity contribution in [3.05, 3.63) is 64.7 Å². The molecule has 2 aromatic heterocycles. The van der Waals surface area contributed by atoms with E-state index in [-0.39, 0.29) is 18.1 Å². The summed E-state index contributed by atoms with van der Waals surface area (Å²) >= 11 is 0. The molecule has 0 aliphatic rings. The second kappa shape index (κ2) is 7.45. The van der Waals surface area contributed by atoms with E-state index in [0.717, 1.165) is 17.0 Å². The monoisotopic (exact) mass is 367 g/mol. The van der Waals surface area contributed by atoms with Crippen LogP contribution in [0.4, 0.5) is 5.69 Å².